The zero-order valence-electron chi connectivity index (χ0n) is 9.66. The van der Waals surface area contributed by atoms with Gasteiger partial charge in [0.1, 0.15) is 0 Å². The van der Waals surface area contributed by atoms with Crippen molar-refractivity contribution in [2.45, 2.75) is 19.1 Å². The van der Waals surface area contributed by atoms with Crippen LogP contribution < -0.4 is 17.1 Å². The van der Waals surface area contributed by atoms with Crippen molar-refractivity contribution in [3.63, 3.8) is 0 Å². The fourth-order valence-corrected chi connectivity index (χ4v) is 1.63. The van der Waals surface area contributed by atoms with Gasteiger partial charge in [0.15, 0.2) is 0 Å². The van der Waals surface area contributed by atoms with Crippen molar-refractivity contribution in [1.29, 1.82) is 0 Å². The highest BCUT2D eigenvalue weighted by atomic mass is 16.3. The number of aromatic amines is 2. The van der Waals surface area contributed by atoms with E-state index in [0.717, 1.165) is 0 Å². The molecule has 2 unspecified atom stereocenters. The zero-order valence-corrected chi connectivity index (χ0v) is 9.66. The standard InChI is InChI=1S/C9H15N3O6/c1-4(6(15)5(2-13)3-14)12-8(17)10-7(16)11-9(12)18/h4-6,13-15H,2-3H2,1H3,(H2,10,11,16,17,18). The van der Waals surface area contributed by atoms with Gasteiger partial charge in [-0.05, 0) is 6.92 Å². The summed E-state index contributed by atoms with van der Waals surface area (Å²) < 4.78 is 0.615. The van der Waals surface area contributed by atoms with Crippen LogP contribution >= 0.6 is 0 Å². The number of aromatic nitrogens is 3. The van der Waals surface area contributed by atoms with Crippen LogP contribution in [0.3, 0.4) is 0 Å². The summed E-state index contributed by atoms with van der Waals surface area (Å²) in [4.78, 5) is 37.5. The first kappa shape index (κ1) is 14.4. The topological polar surface area (TPSA) is 148 Å². The molecule has 0 radical (unpaired) electrons. The molecule has 0 aliphatic carbocycles. The third kappa shape index (κ3) is 2.75. The van der Waals surface area contributed by atoms with E-state index in [4.69, 9.17) is 10.2 Å². The lowest BCUT2D eigenvalue weighted by atomic mass is 9.98. The number of aliphatic hydroxyl groups excluding tert-OH is 3. The van der Waals surface area contributed by atoms with E-state index in [9.17, 15) is 19.5 Å². The lowest BCUT2D eigenvalue weighted by Crippen LogP contribution is -2.48. The van der Waals surface area contributed by atoms with Crippen molar-refractivity contribution in [2.75, 3.05) is 13.2 Å². The van der Waals surface area contributed by atoms with Gasteiger partial charge >= 0.3 is 17.1 Å². The molecule has 0 fully saturated rings. The van der Waals surface area contributed by atoms with Gasteiger partial charge in [-0.2, -0.15) is 0 Å². The number of hydrogen-bond acceptors (Lipinski definition) is 6. The Bertz CT molecular complexity index is 520. The summed E-state index contributed by atoms with van der Waals surface area (Å²) in [6, 6.07) is -1.01. The van der Waals surface area contributed by atoms with Crippen LogP contribution in [0.25, 0.3) is 0 Å². The summed E-state index contributed by atoms with van der Waals surface area (Å²) in [5, 5.41) is 27.7. The van der Waals surface area contributed by atoms with Crippen LogP contribution in [0.4, 0.5) is 0 Å². The van der Waals surface area contributed by atoms with Gasteiger partial charge in [0.2, 0.25) is 0 Å². The van der Waals surface area contributed by atoms with Crippen LogP contribution in [0.2, 0.25) is 0 Å². The maximum atomic E-state index is 11.5. The number of H-pyrrole nitrogens is 2. The predicted octanol–water partition coefficient (Wildman–Crippen LogP) is -3.25. The molecule has 1 aromatic heterocycles. The molecule has 2 atom stereocenters. The Morgan fingerprint density at radius 1 is 1.11 bits per heavy atom. The van der Waals surface area contributed by atoms with Crippen LogP contribution in [0.15, 0.2) is 14.4 Å². The second kappa shape index (κ2) is 5.76. The molecule has 9 heteroatoms. The highest BCUT2D eigenvalue weighted by Gasteiger charge is 2.27. The van der Waals surface area contributed by atoms with Crippen molar-refractivity contribution >= 4 is 0 Å². The predicted molar refractivity (Wildman–Crippen MR) is 60.3 cm³/mol. The fraction of sp³-hybridized carbons (Fsp3) is 0.667. The van der Waals surface area contributed by atoms with Crippen molar-refractivity contribution in [3.8, 4) is 0 Å². The van der Waals surface area contributed by atoms with Gasteiger partial charge in [0.25, 0.3) is 0 Å². The summed E-state index contributed by atoms with van der Waals surface area (Å²) in [7, 11) is 0. The lowest BCUT2D eigenvalue weighted by Gasteiger charge is -2.25. The van der Waals surface area contributed by atoms with Crippen LogP contribution in [0.5, 0.6) is 0 Å². The first-order valence-electron chi connectivity index (χ1n) is 5.27. The lowest BCUT2D eigenvalue weighted by molar-refractivity contribution is 0.00230. The van der Waals surface area contributed by atoms with Crippen molar-refractivity contribution in [1.82, 2.24) is 14.5 Å². The molecule has 0 bridgehead atoms. The smallest absolute Gasteiger partial charge is 0.333 e. The largest absolute Gasteiger partial charge is 0.396 e. The molecule has 1 aromatic rings. The van der Waals surface area contributed by atoms with E-state index in [1.165, 1.54) is 6.92 Å². The molecule has 5 N–H and O–H groups in total. The summed E-state index contributed by atoms with van der Waals surface area (Å²) in [5.41, 5.74) is -2.88. The van der Waals surface area contributed by atoms with Gasteiger partial charge in [-0.3, -0.25) is 9.97 Å². The number of nitrogens with zero attached hydrogens (tertiary/aromatic N) is 1. The highest BCUT2D eigenvalue weighted by molar-refractivity contribution is 4.82. The molecular formula is C9H15N3O6. The number of aliphatic hydroxyl groups is 3. The van der Waals surface area contributed by atoms with Crippen LogP contribution in [0.1, 0.15) is 13.0 Å². The molecule has 0 aromatic carbocycles. The Morgan fingerprint density at radius 2 is 1.56 bits per heavy atom. The van der Waals surface area contributed by atoms with E-state index in [1.807, 2.05) is 9.97 Å². The van der Waals surface area contributed by atoms with E-state index in [2.05, 4.69) is 0 Å². The minimum Gasteiger partial charge on any atom is -0.396 e. The van der Waals surface area contributed by atoms with Gasteiger partial charge in [0.05, 0.1) is 25.4 Å². The molecule has 0 saturated carbocycles. The first-order chi connectivity index (χ1) is 8.42. The molecule has 1 rings (SSSR count). The fourth-order valence-electron chi connectivity index (χ4n) is 1.63. The molecular weight excluding hydrogens is 246 g/mol. The number of rotatable bonds is 5. The maximum absolute atomic E-state index is 11.5. The van der Waals surface area contributed by atoms with Crippen molar-refractivity contribution in [2.24, 2.45) is 5.92 Å². The normalized spacial score (nSPS) is 14.7. The van der Waals surface area contributed by atoms with Crippen LogP contribution in [0, 0.1) is 5.92 Å². The van der Waals surface area contributed by atoms with Gasteiger partial charge < -0.3 is 15.3 Å². The minimum absolute atomic E-state index is 0.502. The maximum Gasteiger partial charge on any atom is 0.333 e. The summed E-state index contributed by atoms with van der Waals surface area (Å²) in [6.45, 7) is 0.355. The molecule has 0 aliphatic rings. The Morgan fingerprint density at radius 3 is 1.94 bits per heavy atom. The Balaban J connectivity index is 3.19. The molecule has 102 valence electrons. The van der Waals surface area contributed by atoms with Crippen LogP contribution in [-0.4, -0.2) is 49.2 Å². The number of hydrogen-bond donors (Lipinski definition) is 5. The highest BCUT2D eigenvalue weighted by Crippen LogP contribution is 2.14. The molecule has 0 aliphatic heterocycles. The second-order valence-electron chi connectivity index (χ2n) is 3.92. The van der Waals surface area contributed by atoms with E-state index >= 15 is 0 Å². The van der Waals surface area contributed by atoms with E-state index in [-0.39, 0.29) is 0 Å². The summed E-state index contributed by atoms with van der Waals surface area (Å²) in [5.74, 6) is -0.891. The van der Waals surface area contributed by atoms with Gasteiger partial charge in [-0.1, -0.05) is 0 Å². The monoisotopic (exact) mass is 261 g/mol. The molecule has 9 nitrogen and oxygen atoms in total. The van der Waals surface area contributed by atoms with Gasteiger partial charge in [0, 0.05) is 5.92 Å². The molecule has 0 saturated heterocycles. The molecule has 0 amide bonds. The Kier molecular flexibility index (Phi) is 4.59. The third-order valence-corrected chi connectivity index (χ3v) is 2.73. The molecule has 18 heavy (non-hydrogen) atoms. The molecule has 1 heterocycles. The first-order valence-corrected chi connectivity index (χ1v) is 5.27. The average Bonchev–Trinajstić information content (AvgIpc) is 2.28. The van der Waals surface area contributed by atoms with Crippen molar-refractivity contribution in [3.05, 3.63) is 31.5 Å². The van der Waals surface area contributed by atoms with Gasteiger partial charge in [-0.15, -0.1) is 0 Å². The number of nitrogens with one attached hydrogen (secondary N) is 2. The van der Waals surface area contributed by atoms with E-state index in [0.29, 0.717) is 4.57 Å². The summed E-state index contributed by atoms with van der Waals surface area (Å²) >= 11 is 0. The van der Waals surface area contributed by atoms with E-state index in [1.54, 1.807) is 0 Å². The van der Waals surface area contributed by atoms with Crippen molar-refractivity contribution < 1.29 is 15.3 Å². The SMILES string of the molecule is CC(C(O)C(CO)CO)n1c(=O)[nH]c(=O)[nH]c1=O. The quantitative estimate of drug-likeness (QED) is 0.376. The third-order valence-electron chi connectivity index (χ3n) is 2.73. The minimum atomic E-state index is -1.32. The Labute approximate surface area is 100 Å². The average molecular weight is 261 g/mol. The van der Waals surface area contributed by atoms with E-state index < -0.39 is 48.3 Å². The van der Waals surface area contributed by atoms with Gasteiger partial charge in [-0.25, -0.2) is 19.0 Å². The summed E-state index contributed by atoms with van der Waals surface area (Å²) in [6.07, 6.45) is -1.32. The molecule has 0 spiro atoms. The Hall–Kier alpha value is -1.71. The second-order valence-corrected chi connectivity index (χ2v) is 3.92. The van der Waals surface area contributed by atoms with Crippen LogP contribution in [-0.2, 0) is 0 Å². The zero-order chi connectivity index (χ0) is 13.9.